The highest BCUT2D eigenvalue weighted by Gasteiger charge is 2.08. The predicted molar refractivity (Wildman–Crippen MR) is 76.0 cm³/mol. The number of aryl methyl sites for hydroxylation is 1. The van der Waals surface area contributed by atoms with Crippen LogP contribution in [0.1, 0.15) is 5.56 Å². The first-order valence-electron chi connectivity index (χ1n) is 5.77. The lowest BCUT2D eigenvalue weighted by molar-refractivity contribution is 0.649. The molecule has 0 bridgehead atoms. The topological polar surface area (TPSA) is 52.7 Å². The Morgan fingerprint density at radius 1 is 1.32 bits per heavy atom. The van der Waals surface area contributed by atoms with E-state index >= 15 is 0 Å². The number of hydrogen-bond donors (Lipinski definition) is 0. The number of rotatable bonds is 2. The lowest BCUT2D eigenvalue weighted by Crippen LogP contribution is -2.23. The van der Waals surface area contributed by atoms with Crippen LogP contribution in [-0.2, 0) is 13.6 Å². The Morgan fingerprint density at radius 2 is 2.16 bits per heavy atom. The van der Waals surface area contributed by atoms with Crippen molar-refractivity contribution in [3.63, 3.8) is 0 Å². The van der Waals surface area contributed by atoms with Crippen LogP contribution in [-0.4, -0.2) is 19.3 Å². The van der Waals surface area contributed by atoms with Crippen molar-refractivity contribution in [2.24, 2.45) is 7.05 Å². The molecule has 5 nitrogen and oxygen atoms in total. The average molecular weight is 319 g/mol. The van der Waals surface area contributed by atoms with Crippen LogP contribution < -0.4 is 5.69 Å². The number of benzene rings is 1. The van der Waals surface area contributed by atoms with Gasteiger partial charge in [-0.15, -0.1) is 0 Å². The Labute approximate surface area is 117 Å². The fourth-order valence-corrected chi connectivity index (χ4v) is 2.47. The highest BCUT2D eigenvalue weighted by atomic mass is 79.9. The molecule has 0 saturated heterocycles. The number of halogens is 1. The van der Waals surface area contributed by atoms with Crippen LogP contribution >= 0.6 is 15.9 Å². The van der Waals surface area contributed by atoms with E-state index < -0.39 is 0 Å². The molecular formula is C13H11BrN4O. The number of aromatic nitrogens is 4. The Bertz CT molecular complexity index is 806. The molecule has 0 spiro atoms. The smallest absolute Gasteiger partial charge is 0.285 e. The highest BCUT2D eigenvalue weighted by Crippen LogP contribution is 2.25. The molecule has 0 aliphatic heterocycles. The summed E-state index contributed by atoms with van der Waals surface area (Å²) in [5.74, 6) is 0. The SMILES string of the molecule is Cn1cnn(Cc2ccc(Br)c3cccnc23)c1=O. The van der Waals surface area contributed by atoms with Gasteiger partial charge in [0.2, 0.25) is 0 Å². The van der Waals surface area contributed by atoms with E-state index in [4.69, 9.17) is 0 Å². The molecule has 0 N–H and O–H groups in total. The summed E-state index contributed by atoms with van der Waals surface area (Å²) in [4.78, 5) is 16.2. The standard InChI is InChI=1S/C13H11BrN4O/c1-17-8-16-18(13(17)19)7-9-4-5-11(14)10-3-2-6-15-12(9)10/h2-6,8H,7H2,1H3. The van der Waals surface area contributed by atoms with Crippen LogP contribution in [0.2, 0.25) is 0 Å². The molecule has 3 rings (SSSR count). The summed E-state index contributed by atoms with van der Waals surface area (Å²) in [5.41, 5.74) is 1.72. The maximum atomic E-state index is 11.8. The van der Waals surface area contributed by atoms with Gasteiger partial charge in [-0.2, -0.15) is 5.10 Å². The van der Waals surface area contributed by atoms with Crippen molar-refractivity contribution >= 4 is 26.8 Å². The first-order chi connectivity index (χ1) is 9.16. The summed E-state index contributed by atoms with van der Waals surface area (Å²) in [7, 11) is 1.68. The summed E-state index contributed by atoms with van der Waals surface area (Å²) in [6.45, 7) is 0.417. The quantitative estimate of drug-likeness (QED) is 0.725. The fourth-order valence-electron chi connectivity index (χ4n) is 2.01. The van der Waals surface area contributed by atoms with Gasteiger partial charge in [-0.05, 0) is 12.1 Å². The van der Waals surface area contributed by atoms with E-state index in [0.717, 1.165) is 20.9 Å². The molecule has 0 radical (unpaired) electrons. The molecule has 0 saturated carbocycles. The summed E-state index contributed by atoms with van der Waals surface area (Å²) >= 11 is 3.51. The van der Waals surface area contributed by atoms with E-state index in [1.165, 1.54) is 15.6 Å². The average Bonchev–Trinajstić information content (AvgIpc) is 2.74. The third-order valence-electron chi connectivity index (χ3n) is 3.01. The molecule has 0 aliphatic carbocycles. The monoisotopic (exact) mass is 318 g/mol. The Hall–Kier alpha value is -1.95. The molecule has 96 valence electrons. The fraction of sp³-hybridized carbons (Fsp3) is 0.154. The minimum atomic E-state index is -0.132. The number of hydrogen-bond acceptors (Lipinski definition) is 3. The van der Waals surface area contributed by atoms with Crippen LogP contribution in [0.5, 0.6) is 0 Å². The number of fused-ring (bicyclic) bond motifs is 1. The van der Waals surface area contributed by atoms with Crippen molar-refractivity contribution in [3.05, 3.63) is 57.3 Å². The lowest BCUT2D eigenvalue weighted by Gasteiger charge is -2.06. The number of pyridine rings is 1. The third-order valence-corrected chi connectivity index (χ3v) is 3.70. The molecule has 0 amide bonds. The van der Waals surface area contributed by atoms with Crippen molar-refractivity contribution in [2.75, 3.05) is 0 Å². The Morgan fingerprint density at radius 3 is 2.89 bits per heavy atom. The minimum Gasteiger partial charge on any atom is -0.285 e. The summed E-state index contributed by atoms with van der Waals surface area (Å²) in [5, 5.41) is 5.10. The maximum absolute atomic E-state index is 11.8. The zero-order valence-corrected chi connectivity index (χ0v) is 11.8. The molecular weight excluding hydrogens is 308 g/mol. The Kier molecular flexibility index (Phi) is 2.94. The molecule has 2 heterocycles. The maximum Gasteiger partial charge on any atom is 0.345 e. The van der Waals surface area contributed by atoms with Gasteiger partial charge >= 0.3 is 5.69 Å². The summed E-state index contributed by atoms with van der Waals surface area (Å²) < 4.78 is 3.87. The van der Waals surface area contributed by atoms with Crippen LogP contribution in [0, 0.1) is 0 Å². The van der Waals surface area contributed by atoms with Gasteiger partial charge in [-0.25, -0.2) is 9.48 Å². The lowest BCUT2D eigenvalue weighted by atomic mass is 10.1. The molecule has 1 aromatic carbocycles. The zero-order valence-electron chi connectivity index (χ0n) is 10.2. The van der Waals surface area contributed by atoms with E-state index in [1.54, 1.807) is 13.2 Å². The molecule has 3 aromatic rings. The highest BCUT2D eigenvalue weighted by molar-refractivity contribution is 9.10. The molecule has 0 unspecified atom stereocenters. The molecule has 2 aromatic heterocycles. The third kappa shape index (κ3) is 2.08. The first kappa shape index (κ1) is 12.1. The normalized spacial score (nSPS) is 11.1. The second kappa shape index (κ2) is 4.62. The second-order valence-electron chi connectivity index (χ2n) is 4.29. The van der Waals surface area contributed by atoms with Crippen molar-refractivity contribution in [1.29, 1.82) is 0 Å². The van der Waals surface area contributed by atoms with Gasteiger partial charge in [0.1, 0.15) is 6.33 Å². The van der Waals surface area contributed by atoms with Crippen molar-refractivity contribution in [2.45, 2.75) is 6.54 Å². The van der Waals surface area contributed by atoms with Crippen molar-refractivity contribution < 1.29 is 0 Å². The van der Waals surface area contributed by atoms with Crippen LogP contribution in [0.4, 0.5) is 0 Å². The molecule has 0 aliphatic rings. The van der Waals surface area contributed by atoms with E-state index in [2.05, 4.69) is 26.0 Å². The van der Waals surface area contributed by atoms with Crippen molar-refractivity contribution in [3.8, 4) is 0 Å². The van der Waals surface area contributed by atoms with Crippen molar-refractivity contribution in [1.82, 2.24) is 19.3 Å². The first-order valence-corrected chi connectivity index (χ1v) is 6.56. The summed E-state index contributed by atoms with van der Waals surface area (Å²) in [6.07, 6.45) is 3.26. The van der Waals surface area contributed by atoms with E-state index in [1.807, 2.05) is 24.3 Å². The molecule has 0 fully saturated rings. The van der Waals surface area contributed by atoms with Crippen LogP contribution in [0.15, 0.2) is 46.1 Å². The minimum absolute atomic E-state index is 0.132. The summed E-state index contributed by atoms with van der Waals surface area (Å²) in [6, 6.07) is 7.81. The van der Waals surface area contributed by atoms with Gasteiger partial charge in [0.25, 0.3) is 0 Å². The van der Waals surface area contributed by atoms with Gasteiger partial charge in [0.15, 0.2) is 0 Å². The van der Waals surface area contributed by atoms with E-state index in [0.29, 0.717) is 6.54 Å². The van der Waals surface area contributed by atoms with Gasteiger partial charge in [-0.3, -0.25) is 9.55 Å². The second-order valence-corrected chi connectivity index (χ2v) is 5.14. The van der Waals surface area contributed by atoms with Gasteiger partial charge in [0.05, 0.1) is 12.1 Å². The zero-order chi connectivity index (χ0) is 13.4. The largest absolute Gasteiger partial charge is 0.345 e. The van der Waals surface area contributed by atoms with E-state index in [-0.39, 0.29) is 5.69 Å². The van der Waals surface area contributed by atoms with E-state index in [9.17, 15) is 4.79 Å². The number of nitrogens with zero attached hydrogens (tertiary/aromatic N) is 4. The van der Waals surface area contributed by atoms with Gasteiger partial charge in [0, 0.05) is 28.7 Å². The molecule has 19 heavy (non-hydrogen) atoms. The van der Waals surface area contributed by atoms with Crippen LogP contribution in [0.3, 0.4) is 0 Å². The molecule has 0 atom stereocenters. The Balaban J connectivity index is 2.14. The van der Waals surface area contributed by atoms with Gasteiger partial charge < -0.3 is 0 Å². The molecule has 6 heteroatoms. The van der Waals surface area contributed by atoms with Gasteiger partial charge in [-0.1, -0.05) is 28.1 Å². The van der Waals surface area contributed by atoms with Crippen LogP contribution in [0.25, 0.3) is 10.9 Å². The predicted octanol–water partition coefficient (Wildman–Crippen LogP) is 1.94.